The Morgan fingerprint density at radius 1 is 1.20 bits per heavy atom. The number of nitro groups is 1. The molecule has 0 fully saturated rings. The lowest BCUT2D eigenvalue weighted by Gasteiger charge is -2.08. The monoisotopic (exact) mass is 416 g/mol. The second-order valence-corrected chi connectivity index (χ2v) is 5.91. The van der Waals surface area contributed by atoms with E-state index in [0.717, 1.165) is 16.8 Å². The van der Waals surface area contributed by atoms with Gasteiger partial charge in [-0.2, -0.15) is 17.9 Å². The molecule has 3 aromatic rings. The van der Waals surface area contributed by atoms with Crippen LogP contribution in [0.2, 0.25) is 0 Å². The Balaban J connectivity index is 2.08. The number of alkyl halides is 3. The minimum Gasteiger partial charge on any atom is -0.358 e. The third kappa shape index (κ3) is 3.24. The van der Waals surface area contributed by atoms with Gasteiger partial charge in [0.15, 0.2) is 5.82 Å². The van der Waals surface area contributed by atoms with Crippen LogP contribution in [0.25, 0.3) is 17.2 Å². The number of rotatable bonds is 3. The molecule has 0 bridgehead atoms. The van der Waals surface area contributed by atoms with Crippen molar-refractivity contribution >= 4 is 21.7 Å². The van der Waals surface area contributed by atoms with Gasteiger partial charge in [-0.25, -0.2) is 4.98 Å². The molecule has 25 heavy (non-hydrogen) atoms. The predicted octanol–water partition coefficient (Wildman–Crippen LogP) is 3.36. The molecule has 0 saturated carbocycles. The van der Waals surface area contributed by atoms with E-state index in [1.807, 2.05) is 0 Å². The molecule has 3 rings (SSSR count). The van der Waals surface area contributed by atoms with Gasteiger partial charge in [-0.05, 0) is 28.1 Å². The van der Waals surface area contributed by atoms with E-state index in [1.165, 1.54) is 30.3 Å². The molecule has 0 aliphatic rings. The van der Waals surface area contributed by atoms with Crippen LogP contribution in [0, 0.1) is 10.1 Å². The van der Waals surface area contributed by atoms with Gasteiger partial charge in [0, 0.05) is 17.1 Å². The summed E-state index contributed by atoms with van der Waals surface area (Å²) in [5.41, 5.74) is -0.745. The fourth-order valence-electron chi connectivity index (χ4n) is 2.18. The molecule has 0 saturated heterocycles. The first-order chi connectivity index (χ1) is 11.7. The topological polar surface area (TPSA) is 91.7 Å². The second-order valence-electron chi connectivity index (χ2n) is 5.00. The molecule has 0 radical (unpaired) electrons. The highest BCUT2D eigenvalue weighted by Gasteiger charge is 2.31. The van der Waals surface area contributed by atoms with Gasteiger partial charge >= 0.3 is 12.0 Å². The highest BCUT2D eigenvalue weighted by Crippen LogP contribution is 2.34. The van der Waals surface area contributed by atoms with Crippen LogP contribution in [0.1, 0.15) is 5.56 Å². The number of aryl methyl sites for hydroxylation is 1. The number of halogens is 4. The van der Waals surface area contributed by atoms with Gasteiger partial charge in [-0.1, -0.05) is 15.9 Å². The zero-order chi connectivity index (χ0) is 18.4. The summed E-state index contributed by atoms with van der Waals surface area (Å²) in [7, 11) is 1.53. The Bertz CT molecular complexity index is 965. The Morgan fingerprint density at radius 3 is 2.56 bits per heavy atom. The van der Waals surface area contributed by atoms with Crippen molar-refractivity contribution in [2.45, 2.75) is 6.18 Å². The van der Waals surface area contributed by atoms with Crippen molar-refractivity contribution in [3.63, 3.8) is 0 Å². The average molecular weight is 417 g/mol. The van der Waals surface area contributed by atoms with Gasteiger partial charge in [-0.15, -0.1) is 5.10 Å². The molecule has 8 nitrogen and oxygen atoms in total. The van der Waals surface area contributed by atoms with Gasteiger partial charge < -0.3 is 10.1 Å². The molecule has 2 aromatic heterocycles. The summed E-state index contributed by atoms with van der Waals surface area (Å²) in [4.78, 5) is 17.9. The number of hydrogen-bond acceptors (Lipinski definition) is 5. The number of aromatic nitrogens is 5. The average Bonchev–Trinajstić information content (AvgIpc) is 3.11. The number of nitrogens with zero attached hydrogens (tertiary/aromatic N) is 6. The number of hydrogen-bond donors (Lipinski definition) is 0. The van der Waals surface area contributed by atoms with E-state index < -0.39 is 22.5 Å². The summed E-state index contributed by atoms with van der Waals surface area (Å²) in [5.74, 6) is -0.415. The highest BCUT2D eigenvalue weighted by molar-refractivity contribution is 9.10. The van der Waals surface area contributed by atoms with E-state index in [-0.39, 0.29) is 21.7 Å². The predicted molar refractivity (Wildman–Crippen MR) is 82.9 cm³/mol. The Kier molecular flexibility index (Phi) is 4.06. The van der Waals surface area contributed by atoms with Gasteiger partial charge in [0.05, 0.1) is 5.56 Å². The highest BCUT2D eigenvalue weighted by atomic mass is 79.9. The summed E-state index contributed by atoms with van der Waals surface area (Å²) in [6.45, 7) is 0. The Labute approximate surface area is 146 Å². The molecule has 0 amide bonds. The first-order valence-corrected chi connectivity index (χ1v) is 7.42. The summed E-state index contributed by atoms with van der Waals surface area (Å²) in [6, 6.07) is 3.26. The molecular weight excluding hydrogens is 409 g/mol. The summed E-state index contributed by atoms with van der Waals surface area (Å²) in [6.07, 6.45) is -2.12. The van der Waals surface area contributed by atoms with Gasteiger partial charge in [0.25, 0.3) is 0 Å². The van der Waals surface area contributed by atoms with Crippen LogP contribution in [-0.2, 0) is 13.2 Å². The standard InChI is InChI=1S/C13H8BrF3N6O2/c1-21-5-19-11(23(24)25)12(21)22-6-18-10(20-22)7-2-8(13(15,16)17)4-9(14)3-7/h2-6H,1H3. The SMILES string of the molecule is Cn1cnc([N+](=O)[O-])c1-n1cnc(-c2cc(Br)cc(C(F)(F)F)c2)n1. The lowest BCUT2D eigenvalue weighted by Crippen LogP contribution is -2.06. The zero-order valence-corrected chi connectivity index (χ0v) is 14.0. The smallest absolute Gasteiger partial charge is 0.358 e. The largest absolute Gasteiger partial charge is 0.416 e. The van der Waals surface area contributed by atoms with Gasteiger partial charge in [-0.3, -0.25) is 4.57 Å². The van der Waals surface area contributed by atoms with Crippen LogP contribution in [0.4, 0.5) is 19.0 Å². The van der Waals surface area contributed by atoms with Crippen molar-refractivity contribution in [1.29, 1.82) is 0 Å². The third-order valence-corrected chi connectivity index (χ3v) is 3.71. The molecule has 130 valence electrons. The maximum Gasteiger partial charge on any atom is 0.416 e. The van der Waals surface area contributed by atoms with Crippen molar-refractivity contribution in [3.8, 4) is 17.2 Å². The van der Waals surface area contributed by atoms with Crippen molar-refractivity contribution < 1.29 is 18.1 Å². The lowest BCUT2D eigenvalue weighted by molar-refractivity contribution is -0.389. The van der Waals surface area contributed by atoms with E-state index in [1.54, 1.807) is 0 Å². The molecule has 0 aliphatic carbocycles. The van der Waals surface area contributed by atoms with E-state index in [9.17, 15) is 23.3 Å². The fourth-order valence-corrected chi connectivity index (χ4v) is 2.68. The first-order valence-electron chi connectivity index (χ1n) is 6.62. The maximum atomic E-state index is 12.9. The summed E-state index contributed by atoms with van der Waals surface area (Å²) >= 11 is 3.02. The molecule has 0 N–H and O–H groups in total. The summed E-state index contributed by atoms with van der Waals surface area (Å²) < 4.78 is 41.5. The molecule has 0 aliphatic heterocycles. The number of imidazole rings is 1. The molecule has 12 heteroatoms. The quantitative estimate of drug-likeness (QED) is 0.482. The summed E-state index contributed by atoms with van der Waals surface area (Å²) in [5, 5.41) is 15.1. The Morgan fingerprint density at radius 2 is 1.92 bits per heavy atom. The van der Waals surface area contributed by atoms with Crippen LogP contribution in [-0.4, -0.2) is 29.2 Å². The first kappa shape index (κ1) is 17.1. The molecule has 0 spiro atoms. The molecule has 2 heterocycles. The zero-order valence-electron chi connectivity index (χ0n) is 12.4. The van der Waals surface area contributed by atoms with Crippen LogP contribution in [0.5, 0.6) is 0 Å². The molecule has 0 atom stereocenters. The van der Waals surface area contributed by atoms with E-state index in [2.05, 4.69) is 31.0 Å². The molecular formula is C13H8BrF3N6O2. The lowest BCUT2D eigenvalue weighted by atomic mass is 10.1. The van der Waals surface area contributed by atoms with E-state index in [0.29, 0.717) is 0 Å². The maximum absolute atomic E-state index is 12.9. The second kappa shape index (κ2) is 5.95. The van der Waals surface area contributed by atoms with E-state index >= 15 is 0 Å². The normalized spacial score (nSPS) is 11.7. The van der Waals surface area contributed by atoms with Crippen molar-refractivity contribution in [1.82, 2.24) is 24.3 Å². The van der Waals surface area contributed by atoms with Crippen LogP contribution in [0.15, 0.2) is 35.3 Å². The van der Waals surface area contributed by atoms with Crippen LogP contribution < -0.4 is 0 Å². The minimum atomic E-state index is -4.53. The van der Waals surface area contributed by atoms with Crippen LogP contribution in [0.3, 0.4) is 0 Å². The minimum absolute atomic E-state index is 0.0118. The molecule has 0 unspecified atom stereocenters. The fraction of sp³-hybridized carbons (Fsp3) is 0.154. The number of benzene rings is 1. The van der Waals surface area contributed by atoms with E-state index in [4.69, 9.17) is 0 Å². The van der Waals surface area contributed by atoms with Crippen molar-refractivity contribution in [2.24, 2.45) is 7.05 Å². The van der Waals surface area contributed by atoms with Crippen molar-refractivity contribution in [2.75, 3.05) is 0 Å². The Hall–Kier alpha value is -2.76. The van der Waals surface area contributed by atoms with Crippen LogP contribution >= 0.6 is 15.9 Å². The van der Waals surface area contributed by atoms with Gasteiger partial charge in [0.2, 0.25) is 12.1 Å². The van der Waals surface area contributed by atoms with Gasteiger partial charge in [0.1, 0.15) is 6.33 Å². The third-order valence-electron chi connectivity index (χ3n) is 3.25. The van der Waals surface area contributed by atoms with Crippen molar-refractivity contribution in [3.05, 3.63) is 51.0 Å². The molecule has 1 aromatic carbocycles.